The van der Waals surface area contributed by atoms with Crippen LogP contribution in [0.5, 0.6) is 0 Å². The summed E-state index contributed by atoms with van der Waals surface area (Å²) in [4.78, 5) is 16.7. The summed E-state index contributed by atoms with van der Waals surface area (Å²) in [5.74, 6) is 0. The van der Waals surface area contributed by atoms with Gasteiger partial charge in [0.05, 0.1) is 12.1 Å². The van der Waals surface area contributed by atoms with Crippen LogP contribution in [0.25, 0.3) is 0 Å². The van der Waals surface area contributed by atoms with Gasteiger partial charge < -0.3 is 10.1 Å². The molecule has 4 rings (SSSR count). The van der Waals surface area contributed by atoms with Crippen molar-refractivity contribution in [3.8, 4) is 0 Å². The first-order chi connectivity index (χ1) is 8.94. The maximum atomic E-state index is 12.2. The first-order valence-corrected chi connectivity index (χ1v) is 7.40. The van der Waals surface area contributed by atoms with Crippen molar-refractivity contribution in [2.24, 2.45) is 0 Å². The van der Waals surface area contributed by atoms with Crippen LogP contribution in [0.3, 0.4) is 0 Å². The molecule has 5 heteroatoms. The second-order valence-electron chi connectivity index (χ2n) is 7.03. The van der Waals surface area contributed by atoms with E-state index in [0.29, 0.717) is 18.1 Å². The number of rotatable bonds is 1. The van der Waals surface area contributed by atoms with Gasteiger partial charge in [-0.25, -0.2) is 4.79 Å². The standard InChI is InChI=1S/C14H25N3O2/c1-14(2,3)19-13(18)17-11-6-12(17)9-16(8-11)10-4-5-15-7-10/h10-12,15H,4-9H2,1-3H3. The number of piperazine rings is 1. The van der Waals surface area contributed by atoms with Gasteiger partial charge in [0, 0.05) is 25.7 Å². The molecular weight excluding hydrogens is 242 g/mol. The maximum absolute atomic E-state index is 12.2. The van der Waals surface area contributed by atoms with Crippen molar-refractivity contribution in [1.29, 1.82) is 0 Å². The van der Waals surface area contributed by atoms with Gasteiger partial charge in [-0.05, 0) is 40.2 Å². The zero-order valence-electron chi connectivity index (χ0n) is 12.2. The Bertz CT molecular complexity index is 348. The first-order valence-electron chi connectivity index (χ1n) is 7.40. The molecule has 4 heterocycles. The number of fused-ring (bicyclic) bond motifs is 2. The Morgan fingerprint density at radius 3 is 2.42 bits per heavy atom. The number of hydrogen-bond acceptors (Lipinski definition) is 4. The third-order valence-electron chi connectivity index (χ3n) is 4.38. The quantitative estimate of drug-likeness (QED) is 0.771. The van der Waals surface area contributed by atoms with E-state index in [2.05, 4.69) is 10.2 Å². The van der Waals surface area contributed by atoms with Gasteiger partial charge in [0.1, 0.15) is 5.60 Å². The number of carbonyl (C=O) groups is 1. The maximum Gasteiger partial charge on any atom is 0.410 e. The van der Waals surface area contributed by atoms with Crippen LogP contribution >= 0.6 is 0 Å². The molecule has 0 saturated carbocycles. The zero-order chi connectivity index (χ0) is 13.6. The molecule has 4 saturated heterocycles. The third-order valence-corrected chi connectivity index (χ3v) is 4.38. The van der Waals surface area contributed by atoms with E-state index >= 15 is 0 Å². The lowest BCUT2D eigenvalue weighted by Gasteiger charge is -2.57. The van der Waals surface area contributed by atoms with Gasteiger partial charge in [0.15, 0.2) is 0 Å². The van der Waals surface area contributed by atoms with E-state index in [1.165, 1.54) is 6.42 Å². The molecule has 2 bridgehead atoms. The first kappa shape index (κ1) is 13.2. The Morgan fingerprint density at radius 2 is 1.89 bits per heavy atom. The lowest BCUT2D eigenvalue weighted by molar-refractivity contribution is -0.0839. The molecule has 5 nitrogen and oxygen atoms in total. The highest BCUT2D eigenvalue weighted by Crippen LogP contribution is 2.35. The average molecular weight is 267 g/mol. The van der Waals surface area contributed by atoms with Crippen LogP contribution in [0.1, 0.15) is 33.6 Å². The fourth-order valence-corrected chi connectivity index (χ4v) is 3.50. The molecule has 1 N–H and O–H groups in total. The summed E-state index contributed by atoms with van der Waals surface area (Å²) in [5, 5.41) is 3.42. The smallest absolute Gasteiger partial charge is 0.410 e. The monoisotopic (exact) mass is 267 g/mol. The summed E-state index contributed by atoms with van der Waals surface area (Å²) in [6.07, 6.45) is 2.26. The molecule has 0 radical (unpaired) electrons. The molecule has 0 aromatic rings. The minimum atomic E-state index is -0.393. The number of nitrogens with zero attached hydrogens (tertiary/aromatic N) is 2. The van der Waals surface area contributed by atoms with Crippen LogP contribution < -0.4 is 5.32 Å². The molecule has 3 atom stereocenters. The molecule has 3 unspecified atom stereocenters. The van der Waals surface area contributed by atoms with Crippen molar-refractivity contribution in [2.75, 3.05) is 26.2 Å². The van der Waals surface area contributed by atoms with Gasteiger partial charge in [-0.2, -0.15) is 0 Å². The second kappa shape index (κ2) is 4.63. The normalized spacial score (nSPS) is 35.1. The Labute approximate surface area is 115 Å². The lowest BCUT2D eigenvalue weighted by atomic mass is 9.87. The molecule has 0 aromatic heterocycles. The van der Waals surface area contributed by atoms with Crippen molar-refractivity contribution in [3.05, 3.63) is 0 Å². The summed E-state index contributed by atoms with van der Waals surface area (Å²) in [7, 11) is 0. The summed E-state index contributed by atoms with van der Waals surface area (Å²) in [6, 6.07) is 1.41. The topological polar surface area (TPSA) is 44.8 Å². The number of nitrogens with one attached hydrogen (secondary N) is 1. The molecule has 0 spiro atoms. The molecule has 19 heavy (non-hydrogen) atoms. The fourth-order valence-electron chi connectivity index (χ4n) is 3.50. The molecule has 4 aliphatic rings. The second-order valence-corrected chi connectivity index (χ2v) is 7.03. The molecule has 4 aliphatic heterocycles. The van der Waals surface area contributed by atoms with Gasteiger partial charge in [0.25, 0.3) is 0 Å². The molecule has 0 aliphatic carbocycles. The Morgan fingerprint density at radius 1 is 1.21 bits per heavy atom. The number of piperidine rings is 1. The highest BCUT2D eigenvalue weighted by Gasteiger charge is 2.49. The average Bonchev–Trinajstić information content (AvgIpc) is 2.79. The van der Waals surface area contributed by atoms with Crippen LogP contribution in [-0.2, 0) is 4.74 Å². The summed E-state index contributed by atoms with van der Waals surface area (Å²) < 4.78 is 5.49. The summed E-state index contributed by atoms with van der Waals surface area (Å²) >= 11 is 0. The van der Waals surface area contributed by atoms with Crippen LogP contribution in [0.15, 0.2) is 0 Å². The van der Waals surface area contributed by atoms with E-state index in [4.69, 9.17) is 4.74 Å². The third kappa shape index (κ3) is 2.58. The van der Waals surface area contributed by atoms with Crippen molar-refractivity contribution in [3.63, 3.8) is 0 Å². The van der Waals surface area contributed by atoms with Gasteiger partial charge in [-0.15, -0.1) is 0 Å². The van der Waals surface area contributed by atoms with E-state index < -0.39 is 5.60 Å². The van der Waals surface area contributed by atoms with Crippen molar-refractivity contribution < 1.29 is 9.53 Å². The number of carbonyl (C=O) groups excluding carboxylic acids is 1. The van der Waals surface area contributed by atoms with Gasteiger partial charge >= 0.3 is 6.09 Å². The van der Waals surface area contributed by atoms with E-state index in [1.807, 2.05) is 25.7 Å². The minimum absolute atomic E-state index is 0.127. The van der Waals surface area contributed by atoms with Crippen LogP contribution in [0, 0.1) is 0 Å². The van der Waals surface area contributed by atoms with Gasteiger partial charge in [0.2, 0.25) is 0 Å². The molecule has 0 aromatic carbocycles. The van der Waals surface area contributed by atoms with Crippen LogP contribution in [0.2, 0.25) is 0 Å². The Balaban J connectivity index is 1.57. The predicted molar refractivity (Wildman–Crippen MR) is 73.1 cm³/mol. The van der Waals surface area contributed by atoms with E-state index in [0.717, 1.165) is 32.6 Å². The van der Waals surface area contributed by atoms with Crippen molar-refractivity contribution in [2.45, 2.75) is 57.3 Å². The molecule has 108 valence electrons. The largest absolute Gasteiger partial charge is 0.444 e. The summed E-state index contributed by atoms with van der Waals surface area (Å²) in [5.41, 5.74) is -0.393. The SMILES string of the molecule is CC(C)(C)OC(=O)N1C2CC1CN(C1CCNC1)C2. The van der Waals surface area contributed by atoms with Gasteiger partial charge in [-0.1, -0.05) is 0 Å². The fraction of sp³-hybridized carbons (Fsp3) is 0.929. The van der Waals surface area contributed by atoms with Crippen LogP contribution in [-0.4, -0.2) is 65.8 Å². The zero-order valence-corrected chi connectivity index (χ0v) is 12.2. The molecular formula is C14H25N3O2. The van der Waals surface area contributed by atoms with E-state index in [-0.39, 0.29) is 6.09 Å². The van der Waals surface area contributed by atoms with Crippen molar-refractivity contribution >= 4 is 6.09 Å². The Kier molecular flexibility index (Phi) is 3.21. The number of amides is 1. The predicted octanol–water partition coefficient (Wildman–Crippen LogP) is 1.04. The van der Waals surface area contributed by atoms with Crippen molar-refractivity contribution in [1.82, 2.24) is 15.1 Å². The Hall–Kier alpha value is -0.810. The molecule has 4 fully saturated rings. The number of hydrogen-bond donors (Lipinski definition) is 1. The lowest BCUT2D eigenvalue weighted by Crippen LogP contribution is -2.71. The minimum Gasteiger partial charge on any atom is -0.444 e. The molecule has 1 amide bonds. The highest BCUT2D eigenvalue weighted by molar-refractivity contribution is 5.70. The van der Waals surface area contributed by atoms with E-state index in [1.54, 1.807) is 0 Å². The summed E-state index contributed by atoms with van der Waals surface area (Å²) in [6.45, 7) is 10.0. The number of ether oxygens (including phenoxy) is 1. The van der Waals surface area contributed by atoms with Crippen LogP contribution in [0.4, 0.5) is 4.79 Å². The van der Waals surface area contributed by atoms with E-state index in [9.17, 15) is 4.79 Å². The van der Waals surface area contributed by atoms with Gasteiger partial charge in [-0.3, -0.25) is 9.80 Å². The highest BCUT2D eigenvalue weighted by atomic mass is 16.6.